The van der Waals surface area contributed by atoms with Gasteiger partial charge in [0.05, 0.1) is 10.2 Å². The van der Waals surface area contributed by atoms with Crippen LogP contribution in [0.4, 0.5) is 0 Å². The Morgan fingerprint density at radius 3 is 2.17 bits per heavy atom. The van der Waals surface area contributed by atoms with Crippen molar-refractivity contribution >= 4 is 58.8 Å². The van der Waals surface area contributed by atoms with E-state index in [4.69, 9.17) is 0 Å². The smallest absolute Gasteiger partial charge is 0.108 e. The Morgan fingerprint density at radius 2 is 1.65 bits per heavy atom. The van der Waals surface area contributed by atoms with Crippen molar-refractivity contribution in [1.29, 1.82) is 0 Å². The highest BCUT2D eigenvalue weighted by Gasteiger charge is 2.40. The van der Waals surface area contributed by atoms with Crippen LogP contribution in [0, 0.1) is 0 Å². The predicted octanol–water partition coefficient (Wildman–Crippen LogP) is 5.59. The summed E-state index contributed by atoms with van der Waals surface area (Å²) in [6, 6.07) is 10.8. The lowest BCUT2D eigenvalue weighted by Crippen LogP contribution is -2.31. The number of hydrogen-bond donors (Lipinski definition) is 1. The van der Waals surface area contributed by atoms with Crippen LogP contribution >= 0.6 is 58.8 Å². The van der Waals surface area contributed by atoms with Gasteiger partial charge in [0.1, 0.15) is 3.41 Å². The van der Waals surface area contributed by atoms with E-state index >= 15 is 0 Å². The summed E-state index contributed by atoms with van der Waals surface area (Å²) < 4.78 is 0.0706. The summed E-state index contributed by atoms with van der Waals surface area (Å²) in [5.41, 5.74) is 1.36. The van der Waals surface area contributed by atoms with Crippen molar-refractivity contribution in [2.75, 3.05) is 30.3 Å². The molecule has 1 fully saturated rings. The van der Waals surface area contributed by atoms with Crippen molar-refractivity contribution in [3.63, 3.8) is 0 Å². The maximum Gasteiger partial charge on any atom is 0.108 e. The number of hydrogen-bond acceptors (Lipinski definition) is 6. The number of aliphatic hydroxyl groups excluding tert-OH is 1. The Hall–Kier alpha value is 0.930. The molecule has 0 unspecified atom stereocenters. The van der Waals surface area contributed by atoms with E-state index in [-0.39, 0.29) is 13.6 Å². The minimum Gasteiger partial charge on any atom is -0.393 e. The van der Waals surface area contributed by atoms with Gasteiger partial charge in [-0.1, -0.05) is 30.3 Å². The molecule has 1 aromatic carbocycles. The van der Waals surface area contributed by atoms with E-state index in [1.807, 2.05) is 58.8 Å². The molecule has 1 atom stereocenters. The van der Waals surface area contributed by atoms with Crippen LogP contribution in [0.2, 0.25) is 0 Å². The molecule has 2 rings (SSSR count). The van der Waals surface area contributed by atoms with Gasteiger partial charge in [-0.2, -0.15) is 0 Å². The molecule has 1 nitrogen and oxygen atoms in total. The number of benzene rings is 1. The lowest BCUT2D eigenvalue weighted by Gasteiger charge is -2.39. The fraction of sp³-hybridized carbons (Fsp3) is 0.647. The zero-order chi connectivity index (χ0) is 16.8. The van der Waals surface area contributed by atoms with E-state index in [0.29, 0.717) is 0 Å². The lowest BCUT2D eigenvalue weighted by molar-refractivity contribution is 0.153. The van der Waals surface area contributed by atoms with Gasteiger partial charge in [-0.05, 0) is 42.3 Å². The first-order valence-electron chi connectivity index (χ1n) is 7.77. The fourth-order valence-corrected chi connectivity index (χ4v) is 9.40. The second-order valence-corrected chi connectivity index (χ2v) is 12.7. The van der Waals surface area contributed by atoms with Crippen molar-refractivity contribution in [2.45, 2.75) is 32.9 Å². The van der Waals surface area contributed by atoms with Crippen LogP contribution in [0.3, 0.4) is 0 Å². The standard InChI is InChI=1S/C17H26OS5/c1-19-17(20-2,21-3)13-15(18)12-16(22-10-7-11-23-16)14-8-5-4-6-9-14/h4-6,8-9,15,18H,7,10-13H2,1-3H3/t15-/m0/s1. The summed E-state index contributed by atoms with van der Waals surface area (Å²) in [5, 5.41) is 10.9. The molecule has 1 saturated heterocycles. The fourth-order valence-electron chi connectivity index (χ4n) is 2.84. The summed E-state index contributed by atoms with van der Waals surface area (Å²) in [4.78, 5) is 0. The molecule has 1 N–H and O–H groups in total. The van der Waals surface area contributed by atoms with Gasteiger partial charge in [-0.15, -0.1) is 58.8 Å². The van der Waals surface area contributed by atoms with Crippen molar-refractivity contribution in [3.05, 3.63) is 35.9 Å². The van der Waals surface area contributed by atoms with Gasteiger partial charge in [-0.3, -0.25) is 0 Å². The van der Waals surface area contributed by atoms with Crippen LogP contribution < -0.4 is 0 Å². The summed E-state index contributed by atoms with van der Waals surface area (Å²) >= 11 is 9.61. The molecule has 0 bridgehead atoms. The summed E-state index contributed by atoms with van der Waals surface area (Å²) in [6.45, 7) is 0. The van der Waals surface area contributed by atoms with E-state index < -0.39 is 0 Å². The van der Waals surface area contributed by atoms with Crippen molar-refractivity contribution in [3.8, 4) is 0 Å². The third kappa shape index (κ3) is 5.20. The monoisotopic (exact) mass is 406 g/mol. The summed E-state index contributed by atoms with van der Waals surface area (Å²) in [6.07, 6.45) is 9.09. The first-order chi connectivity index (χ1) is 11.1. The maximum absolute atomic E-state index is 10.9. The Kier molecular flexibility index (Phi) is 8.43. The first kappa shape index (κ1) is 20.2. The molecular formula is C17H26OS5. The van der Waals surface area contributed by atoms with E-state index in [9.17, 15) is 5.11 Å². The molecule has 0 amide bonds. The molecule has 1 aliphatic heterocycles. The normalized spacial score (nSPS) is 19.5. The summed E-state index contributed by atoms with van der Waals surface area (Å²) in [5.74, 6) is 2.38. The van der Waals surface area contributed by atoms with Gasteiger partial charge in [0.25, 0.3) is 0 Å². The minimum atomic E-state index is -0.277. The van der Waals surface area contributed by atoms with Crippen LogP contribution in [0.1, 0.15) is 24.8 Å². The summed E-state index contributed by atoms with van der Waals surface area (Å²) in [7, 11) is 0. The van der Waals surface area contributed by atoms with Gasteiger partial charge < -0.3 is 5.11 Å². The highest BCUT2D eigenvalue weighted by Crippen LogP contribution is 2.55. The van der Waals surface area contributed by atoms with Gasteiger partial charge >= 0.3 is 0 Å². The molecule has 0 saturated carbocycles. The molecule has 130 valence electrons. The van der Waals surface area contributed by atoms with Crippen molar-refractivity contribution in [1.82, 2.24) is 0 Å². The molecule has 0 aromatic heterocycles. The SMILES string of the molecule is CSC(C[C@@H](O)CC1(c2ccccc2)SCCCS1)(SC)SC. The second-order valence-electron chi connectivity index (χ2n) is 5.53. The first-order valence-corrected chi connectivity index (χ1v) is 13.4. The molecule has 1 heterocycles. The van der Waals surface area contributed by atoms with Crippen LogP contribution in [0.15, 0.2) is 30.3 Å². The highest BCUT2D eigenvalue weighted by atomic mass is 32.3. The van der Waals surface area contributed by atoms with Gasteiger partial charge in [-0.25, -0.2) is 0 Å². The van der Waals surface area contributed by atoms with Crippen molar-refractivity contribution < 1.29 is 5.11 Å². The van der Waals surface area contributed by atoms with Crippen LogP contribution in [0.5, 0.6) is 0 Å². The third-order valence-electron chi connectivity index (χ3n) is 4.10. The van der Waals surface area contributed by atoms with E-state index in [0.717, 1.165) is 12.8 Å². The highest BCUT2D eigenvalue weighted by molar-refractivity contribution is 8.33. The van der Waals surface area contributed by atoms with Crippen LogP contribution in [-0.4, -0.2) is 44.9 Å². The third-order valence-corrected chi connectivity index (χ3v) is 12.9. The zero-order valence-corrected chi connectivity index (χ0v) is 18.1. The molecule has 23 heavy (non-hydrogen) atoms. The topological polar surface area (TPSA) is 20.2 Å². The molecule has 1 aliphatic rings. The van der Waals surface area contributed by atoms with Crippen LogP contribution in [0.25, 0.3) is 0 Å². The average Bonchev–Trinajstić information content (AvgIpc) is 2.61. The Balaban J connectivity index is 2.15. The molecule has 6 heteroatoms. The Bertz CT molecular complexity index is 449. The minimum absolute atomic E-state index is 0.0138. The second kappa shape index (κ2) is 9.58. The Morgan fingerprint density at radius 1 is 1.09 bits per heavy atom. The van der Waals surface area contributed by atoms with Crippen LogP contribution in [-0.2, 0) is 4.08 Å². The van der Waals surface area contributed by atoms with Gasteiger partial charge in [0, 0.05) is 12.8 Å². The van der Waals surface area contributed by atoms with Gasteiger partial charge in [0.15, 0.2) is 0 Å². The number of aliphatic hydroxyl groups is 1. The predicted molar refractivity (Wildman–Crippen MR) is 116 cm³/mol. The molecule has 0 aliphatic carbocycles. The molecule has 0 spiro atoms. The van der Waals surface area contributed by atoms with E-state index in [1.165, 1.54) is 23.5 Å². The number of thioether (sulfide) groups is 5. The zero-order valence-electron chi connectivity index (χ0n) is 14.0. The lowest BCUT2D eigenvalue weighted by atomic mass is 10.0. The van der Waals surface area contributed by atoms with Gasteiger partial charge in [0.2, 0.25) is 0 Å². The average molecular weight is 407 g/mol. The van der Waals surface area contributed by atoms with E-state index in [1.54, 1.807) is 0 Å². The molecule has 0 radical (unpaired) electrons. The maximum atomic E-state index is 10.9. The Labute approximate surface area is 162 Å². The molecule has 1 aromatic rings. The quantitative estimate of drug-likeness (QED) is 0.563. The largest absolute Gasteiger partial charge is 0.393 e. The molecular weight excluding hydrogens is 381 g/mol. The van der Waals surface area contributed by atoms with Crippen molar-refractivity contribution in [2.24, 2.45) is 0 Å². The number of rotatable bonds is 8. The van der Waals surface area contributed by atoms with E-state index in [2.05, 4.69) is 49.1 Å².